The molecule has 0 saturated heterocycles. The molecule has 0 radical (unpaired) electrons. The van der Waals surface area contributed by atoms with E-state index < -0.39 is 0 Å². The second-order valence-electron chi connectivity index (χ2n) is 5.78. The normalized spacial score (nSPS) is 11.2. The number of unbranched alkanes of at least 4 members (excludes halogenated alkanes) is 3. The van der Waals surface area contributed by atoms with Crippen LogP contribution in [0.15, 0.2) is 29.8 Å². The SMILES string of the molecule is CCCCCCOc1ccc(/C=C(\C#N)C(=O)NC(C)C)cc1. The first-order valence-electron chi connectivity index (χ1n) is 8.22. The minimum atomic E-state index is -0.348. The van der Waals surface area contributed by atoms with Crippen LogP contribution in [0.25, 0.3) is 6.08 Å². The molecule has 1 rings (SSSR count). The van der Waals surface area contributed by atoms with Crippen LogP contribution in [-0.2, 0) is 4.79 Å². The molecule has 4 heteroatoms. The predicted octanol–water partition coefficient (Wildman–Crippen LogP) is 4.08. The highest BCUT2D eigenvalue weighted by Crippen LogP contribution is 2.15. The standard InChI is InChI=1S/C19H26N2O2/c1-4-5-6-7-12-23-18-10-8-16(9-11-18)13-17(14-20)19(22)21-15(2)3/h8-11,13,15H,4-7,12H2,1-3H3,(H,21,22)/b17-13+. The number of rotatable bonds is 9. The Bertz CT molecular complexity index is 554. The molecule has 23 heavy (non-hydrogen) atoms. The average molecular weight is 314 g/mol. The van der Waals surface area contributed by atoms with E-state index in [0.717, 1.165) is 24.3 Å². The highest BCUT2D eigenvalue weighted by Gasteiger charge is 2.09. The molecule has 0 saturated carbocycles. The minimum absolute atomic E-state index is 0.00253. The van der Waals surface area contributed by atoms with Crippen LogP contribution in [0.4, 0.5) is 0 Å². The van der Waals surface area contributed by atoms with E-state index in [1.165, 1.54) is 19.3 Å². The molecule has 124 valence electrons. The Balaban J connectivity index is 2.59. The molecule has 0 fully saturated rings. The lowest BCUT2D eigenvalue weighted by atomic mass is 10.1. The van der Waals surface area contributed by atoms with Gasteiger partial charge in [0.25, 0.3) is 5.91 Å². The van der Waals surface area contributed by atoms with Crippen molar-refractivity contribution >= 4 is 12.0 Å². The van der Waals surface area contributed by atoms with Crippen molar-refractivity contribution in [1.82, 2.24) is 5.32 Å². The zero-order chi connectivity index (χ0) is 17.1. The summed E-state index contributed by atoms with van der Waals surface area (Å²) in [5, 5.41) is 11.8. The van der Waals surface area contributed by atoms with Crippen molar-refractivity contribution in [3.05, 3.63) is 35.4 Å². The fraction of sp³-hybridized carbons (Fsp3) is 0.474. The maximum atomic E-state index is 11.9. The summed E-state index contributed by atoms with van der Waals surface area (Å²) in [6.45, 7) is 6.62. The monoisotopic (exact) mass is 314 g/mol. The number of amides is 1. The second kappa shape index (κ2) is 10.4. The number of benzene rings is 1. The Morgan fingerprint density at radius 3 is 2.52 bits per heavy atom. The smallest absolute Gasteiger partial charge is 0.262 e. The van der Waals surface area contributed by atoms with Crippen LogP contribution in [0, 0.1) is 11.3 Å². The van der Waals surface area contributed by atoms with Crippen LogP contribution in [0.2, 0.25) is 0 Å². The van der Waals surface area contributed by atoms with E-state index in [9.17, 15) is 4.79 Å². The van der Waals surface area contributed by atoms with Gasteiger partial charge in [0.05, 0.1) is 6.61 Å². The van der Waals surface area contributed by atoms with Crippen molar-refractivity contribution in [3.63, 3.8) is 0 Å². The van der Waals surface area contributed by atoms with Crippen LogP contribution < -0.4 is 10.1 Å². The lowest BCUT2D eigenvalue weighted by Gasteiger charge is -2.08. The molecule has 4 nitrogen and oxygen atoms in total. The van der Waals surface area contributed by atoms with E-state index in [2.05, 4.69) is 12.2 Å². The molecule has 0 aliphatic rings. The number of hydrogen-bond acceptors (Lipinski definition) is 3. The van der Waals surface area contributed by atoms with E-state index in [1.54, 1.807) is 6.08 Å². The molecule has 0 aliphatic heterocycles. The summed E-state index contributed by atoms with van der Waals surface area (Å²) < 4.78 is 5.67. The van der Waals surface area contributed by atoms with Gasteiger partial charge in [0.2, 0.25) is 0 Å². The van der Waals surface area contributed by atoms with E-state index in [1.807, 2.05) is 44.2 Å². The summed E-state index contributed by atoms with van der Waals surface area (Å²) >= 11 is 0. The Kier molecular flexibility index (Phi) is 8.52. The number of carbonyl (C=O) groups excluding carboxylic acids is 1. The van der Waals surface area contributed by atoms with Gasteiger partial charge >= 0.3 is 0 Å². The second-order valence-corrected chi connectivity index (χ2v) is 5.78. The molecule has 1 aromatic carbocycles. The van der Waals surface area contributed by atoms with Crippen LogP contribution in [0.5, 0.6) is 5.75 Å². The number of nitrogens with one attached hydrogen (secondary N) is 1. The average Bonchev–Trinajstić information content (AvgIpc) is 2.53. The zero-order valence-corrected chi connectivity index (χ0v) is 14.3. The van der Waals surface area contributed by atoms with Gasteiger partial charge in [0.15, 0.2) is 0 Å². The quantitative estimate of drug-likeness (QED) is 0.424. The maximum Gasteiger partial charge on any atom is 0.262 e. The van der Waals surface area contributed by atoms with Crippen LogP contribution in [-0.4, -0.2) is 18.6 Å². The number of hydrogen-bond donors (Lipinski definition) is 1. The van der Waals surface area contributed by atoms with Crippen LogP contribution in [0.3, 0.4) is 0 Å². The molecular weight excluding hydrogens is 288 g/mol. The first kappa shape index (κ1) is 18.8. The van der Waals surface area contributed by atoms with Crippen molar-refractivity contribution in [1.29, 1.82) is 5.26 Å². The first-order valence-corrected chi connectivity index (χ1v) is 8.22. The van der Waals surface area contributed by atoms with E-state index in [4.69, 9.17) is 10.00 Å². The molecular formula is C19H26N2O2. The van der Waals surface area contributed by atoms with Crippen molar-refractivity contribution < 1.29 is 9.53 Å². The largest absolute Gasteiger partial charge is 0.494 e. The molecule has 0 unspecified atom stereocenters. The number of nitriles is 1. The maximum absolute atomic E-state index is 11.9. The third-order valence-electron chi connectivity index (χ3n) is 3.24. The van der Waals surface area contributed by atoms with E-state index in [-0.39, 0.29) is 17.5 Å². The first-order chi connectivity index (χ1) is 11.1. The lowest BCUT2D eigenvalue weighted by molar-refractivity contribution is -0.117. The molecule has 0 heterocycles. The molecule has 0 spiro atoms. The van der Waals surface area contributed by atoms with Gasteiger partial charge in [-0.25, -0.2) is 0 Å². The molecule has 1 aromatic rings. The van der Waals surface area contributed by atoms with Gasteiger partial charge in [-0.1, -0.05) is 38.3 Å². The highest BCUT2D eigenvalue weighted by atomic mass is 16.5. The lowest BCUT2D eigenvalue weighted by Crippen LogP contribution is -2.30. The fourth-order valence-electron chi connectivity index (χ4n) is 2.03. The van der Waals surface area contributed by atoms with Gasteiger partial charge in [-0.2, -0.15) is 5.26 Å². The minimum Gasteiger partial charge on any atom is -0.494 e. The van der Waals surface area contributed by atoms with Crippen LogP contribution in [0.1, 0.15) is 52.0 Å². The third kappa shape index (κ3) is 7.51. The number of carbonyl (C=O) groups is 1. The molecule has 1 N–H and O–H groups in total. The molecule has 0 atom stereocenters. The summed E-state index contributed by atoms with van der Waals surface area (Å²) in [6.07, 6.45) is 6.29. The number of nitrogens with zero attached hydrogens (tertiary/aromatic N) is 1. The van der Waals surface area contributed by atoms with E-state index in [0.29, 0.717) is 0 Å². The summed E-state index contributed by atoms with van der Waals surface area (Å²) in [5.74, 6) is 0.461. The molecule has 0 aromatic heterocycles. The summed E-state index contributed by atoms with van der Waals surface area (Å²) in [7, 11) is 0. The van der Waals surface area contributed by atoms with E-state index >= 15 is 0 Å². The zero-order valence-electron chi connectivity index (χ0n) is 14.3. The Morgan fingerprint density at radius 1 is 1.26 bits per heavy atom. The fourth-order valence-corrected chi connectivity index (χ4v) is 2.03. The summed E-state index contributed by atoms with van der Waals surface area (Å²) in [4.78, 5) is 11.9. The van der Waals surface area contributed by atoms with Gasteiger partial charge in [-0.05, 0) is 44.0 Å². The van der Waals surface area contributed by atoms with Crippen molar-refractivity contribution in [3.8, 4) is 11.8 Å². The van der Waals surface area contributed by atoms with Crippen molar-refractivity contribution in [2.45, 2.75) is 52.5 Å². The van der Waals surface area contributed by atoms with Gasteiger partial charge < -0.3 is 10.1 Å². The highest BCUT2D eigenvalue weighted by molar-refractivity contribution is 6.01. The summed E-state index contributed by atoms with van der Waals surface area (Å²) in [6, 6.07) is 9.37. The van der Waals surface area contributed by atoms with Gasteiger partial charge in [-0.15, -0.1) is 0 Å². The topological polar surface area (TPSA) is 62.1 Å². The molecule has 0 bridgehead atoms. The Hall–Kier alpha value is -2.28. The molecule has 1 amide bonds. The van der Waals surface area contributed by atoms with Crippen molar-refractivity contribution in [2.75, 3.05) is 6.61 Å². The van der Waals surface area contributed by atoms with Gasteiger partial charge in [0.1, 0.15) is 17.4 Å². The van der Waals surface area contributed by atoms with Crippen LogP contribution >= 0.6 is 0 Å². The van der Waals surface area contributed by atoms with Crippen molar-refractivity contribution in [2.24, 2.45) is 0 Å². The van der Waals surface area contributed by atoms with Gasteiger partial charge in [-0.3, -0.25) is 4.79 Å². The molecule has 0 aliphatic carbocycles. The predicted molar refractivity (Wildman–Crippen MR) is 92.9 cm³/mol. The summed E-state index contributed by atoms with van der Waals surface area (Å²) in [5.41, 5.74) is 0.908. The number of ether oxygens (including phenoxy) is 1. The third-order valence-corrected chi connectivity index (χ3v) is 3.24. The Labute approximate surface area is 139 Å². The van der Waals surface area contributed by atoms with Gasteiger partial charge in [0, 0.05) is 6.04 Å². The Morgan fingerprint density at radius 2 is 1.96 bits per heavy atom.